The fourth-order valence-electron chi connectivity index (χ4n) is 1.55. The van der Waals surface area contributed by atoms with Gasteiger partial charge in [0.2, 0.25) is 0 Å². The summed E-state index contributed by atoms with van der Waals surface area (Å²) in [5, 5.41) is 7.73. The van der Waals surface area contributed by atoms with Crippen LogP contribution in [0.2, 0.25) is 0 Å². The third kappa shape index (κ3) is 8.31. The van der Waals surface area contributed by atoms with Crippen molar-refractivity contribution in [1.82, 2.24) is 15.6 Å². The van der Waals surface area contributed by atoms with Gasteiger partial charge in [0.25, 0.3) is 0 Å². The summed E-state index contributed by atoms with van der Waals surface area (Å²) in [7, 11) is 1.80. The number of nitrogens with zero attached hydrogens (tertiary/aromatic N) is 2. The molecule has 0 spiro atoms. The molecule has 116 valence electrons. The molecule has 1 heterocycles. The molecule has 0 aliphatic carbocycles. The Balaban J connectivity index is 0.00000361. The zero-order chi connectivity index (χ0) is 13.9. The predicted octanol–water partition coefficient (Wildman–Crippen LogP) is 3.13. The van der Waals surface area contributed by atoms with Crippen molar-refractivity contribution in [2.45, 2.75) is 32.7 Å². The third-order valence-corrected chi connectivity index (χ3v) is 4.49. The summed E-state index contributed by atoms with van der Waals surface area (Å²) in [5.41, 5.74) is 0. The van der Waals surface area contributed by atoms with E-state index in [9.17, 15) is 0 Å². The molecule has 4 nitrogen and oxygen atoms in total. The number of guanidine groups is 1. The van der Waals surface area contributed by atoms with Crippen LogP contribution in [0.25, 0.3) is 0 Å². The van der Waals surface area contributed by atoms with Gasteiger partial charge in [0.05, 0.1) is 6.54 Å². The van der Waals surface area contributed by atoms with E-state index in [1.807, 2.05) is 18.0 Å². The Morgan fingerprint density at radius 3 is 2.80 bits per heavy atom. The fourth-order valence-corrected chi connectivity index (χ4v) is 2.85. The summed E-state index contributed by atoms with van der Waals surface area (Å²) in [6.07, 6.45) is 7.59. The van der Waals surface area contributed by atoms with Gasteiger partial charge >= 0.3 is 0 Å². The lowest BCUT2D eigenvalue weighted by Crippen LogP contribution is -2.37. The van der Waals surface area contributed by atoms with E-state index in [-0.39, 0.29) is 24.0 Å². The van der Waals surface area contributed by atoms with E-state index in [0.717, 1.165) is 30.5 Å². The van der Waals surface area contributed by atoms with E-state index in [4.69, 9.17) is 0 Å². The second-order valence-electron chi connectivity index (χ2n) is 4.13. The van der Waals surface area contributed by atoms with Crippen molar-refractivity contribution in [3.8, 4) is 0 Å². The summed E-state index contributed by atoms with van der Waals surface area (Å²) < 4.78 is 0. The average molecular weight is 428 g/mol. The lowest BCUT2D eigenvalue weighted by Gasteiger charge is -2.10. The first kappa shape index (κ1) is 20.0. The van der Waals surface area contributed by atoms with Gasteiger partial charge in [0.1, 0.15) is 5.01 Å². The SMILES string of the molecule is CCc1cnc(CNC(=NC)NCCCCSC)s1.I. The minimum Gasteiger partial charge on any atom is -0.356 e. The maximum absolute atomic E-state index is 4.38. The van der Waals surface area contributed by atoms with E-state index in [2.05, 4.69) is 33.8 Å². The maximum Gasteiger partial charge on any atom is 0.191 e. The quantitative estimate of drug-likeness (QED) is 0.289. The number of hydrogen-bond donors (Lipinski definition) is 2. The van der Waals surface area contributed by atoms with Crippen molar-refractivity contribution >= 4 is 53.0 Å². The number of halogens is 1. The molecule has 0 saturated heterocycles. The largest absolute Gasteiger partial charge is 0.356 e. The maximum atomic E-state index is 4.38. The Kier molecular flexibility index (Phi) is 12.7. The third-order valence-electron chi connectivity index (χ3n) is 2.65. The molecule has 0 unspecified atom stereocenters. The van der Waals surface area contributed by atoms with Crippen LogP contribution in [0.15, 0.2) is 11.2 Å². The van der Waals surface area contributed by atoms with Gasteiger partial charge in [0.15, 0.2) is 5.96 Å². The Morgan fingerprint density at radius 1 is 1.40 bits per heavy atom. The molecule has 0 aliphatic rings. The Hall–Kier alpha value is -0.0200. The molecule has 0 saturated carbocycles. The van der Waals surface area contributed by atoms with Gasteiger partial charge in [-0.2, -0.15) is 11.8 Å². The summed E-state index contributed by atoms with van der Waals surface area (Å²) >= 11 is 3.66. The molecule has 0 fully saturated rings. The number of thioether (sulfide) groups is 1. The van der Waals surface area contributed by atoms with Crippen molar-refractivity contribution in [2.24, 2.45) is 4.99 Å². The molecule has 0 atom stereocenters. The minimum atomic E-state index is 0. The molecule has 0 amide bonds. The lowest BCUT2D eigenvalue weighted by molar-refractivity contribution is 0.732. The highest BCUT2D eigenvalue weighted by molar-refractivity contribution is 14.0. The Bertz CT molecular complexity index is 382. The van der Waals surface area contributed by atoms with Crippen LogP contribution in [0.5, 0.6) is 0 Å². The number of aryl methyl sites for hydroxylation is 1. The van der Waals surface area contributed by atoms with Crippen LogP contribution in [0.3, 0.4) is 0 Å². The van der Waals surface area contributed by atoms with Gasteiger partial charge < -0.3 is 10.6 Å². The van der Waals surface area contributed by atoms with Crippen LogP contribution in [0, 0.1) is 0 Å². The lowest BCUT2D eigenvalue weighted by atomic mass is 10.3. The summed E-state index contributed by atoms with van der Waals surface area (Å²) in [4.78, 5) is 9.93. The smallest absolute Gasteiger partial charge is 0.191 e. The second kappa shape index (κ2) is 12.7. The number of hydrogen-bond acceptors (Lipinski definition) is 4. The molecular formula is C13H25IN4S2. The van der Waals surface area contributed by atoms with Crippen LogP contribution >= 0.6 is 47.1 Å². The van der Waals surface area contributed by atoms with Gasteiger partial charge in [-0.05, 0) is 31.3 Å². The molecule has 2 N–H and O–H groups in total. The normalized spacial score (nSPS) is 11.1. The van der Waals surface area contributed by atoms with Gasteiger partial charge in [-0.3, -0.25) is 4.99 Å². The molecule has 7 heteroatoms. The predicted molar refractivity (Wildman–Crippen MR) is 103 cm³/mol. The van der Waals surface area contributed by atoms with E-state index < -0.39 is 0 Å². The van der Waals surface area contributed by atoms with Gasteiger partial charge in [0, 0.05) is 24.7 Å². The highest BCUT2D eigenvalue weighted by Gasteiger charge is 2.02. The number of unbranched alkanes of at least 4 members (excludes halogenated alkanes) is 1. The molecule has 0 aromatic carbocycles. The van der Waals surface area contributed by atoms with Crippen LogP contribution in [-0.2, 0) is 13.0 Å². The number of aromatic nitrogens is 1. The fraction of sp³-hybridized carbons (Fsp3) is 0.692. The number of aliphatic imine (C=N–C) groups is 1. The molecular weight excluding hydrogens is 403 g/mol. The van der Waals surface area contributed by atoms with E-state index in [0.29, 0.717) is 0 Å². The van der Waals surface area contributed by atoms with Gasteiger partial charge in [-0.1, -0.05) is 6.92 Å². The van der Waals surface area contributed by atoms with Crippen molar-refractivity contribution in [2.75, 3.05) is 25.6 Å². The molecule has 1 aromatic rings. The second-order valence-corrected chi connectivity index (χ2v) is 6.31. The van der Waals surface area contributed by atoms with Crippen molar-refractivity contribution < 1.29 is 0 Å². The van der Waals surface area contributed by atoms with Gasteiger partial charge in [-0.25, -0.2) is 4.98 Å². The van der Waals surface area contributed by atoms with E-state index in [1.54, 1.807) is 18.4 Å². The molecule has 20 heavy (non-hydrogen) atoms. The van der Waals surface area contributed by atoms with E-state index in [1.165, 1.54) is 23.5 Å². The zero-order valence-corrected chi connectivity index (χ0v) is 16.4. The van der Waals surface area contributed by atoms with Crippen LogP contribution < -0.4 is 10.6 Å². The van der Waals surface area contributed by atoms with Crippen LogP contribution in [0.1, 0.15) is 29.7 Å². The highest BCUT2D eigenvalue weighted by atomic mass is 127. The molecule has 1 aromatic heterocycles. The van der Waals surface area contributed by atoms with Gasteiger partial charge in [-0.15, -0.1) is 35.3 Å². The van der Waals surface area contributed by atoms with Crippen molar-refractivity contribution in [1.29, 1.82) is 0 Å². The summed E-state index contributed by atoms with van der Waals surface area (Å²) in [6.45, 7) is 3.87. The highest BCUT2D eigenvalue weighted by Crippen LogP contribution is 2.12. The molecule has 1 rings (SSSR count). The average Bonchev–Trinajstić information content (AvgIpc) is 2.90. The standard InChI is InChI=1S/C13H24N4S2.HI/c1-4-11-9-16-12(19-11)10-17-13(14-2)15-7-5-6-8-18-3;/h9H,4-8,10H2,1-3H3,(H2,14,15,17);1H. The summed E-state index contributed by atoms with van der Waals surface area (Å²) in [5.74, 6) is 2.09. The van der Waals surface area contributed by atoms with E-state index >= 15 is 0 Å². The minimum absolute atomic E-state index is 0. The number of nitrogens with one attached hydrogen (secondary N) is 2. The zero-order valence-electron chi connectivity index (χ0n) is 12.4. The number of rotatable bonds is 8. The monoisotopic (exact) mass is 428 g/mol. The van der Waals surface area contributed by atoms with Crippen LogP contribution in [0.4, 0.5) is 0 Å². The topological polar surface area (TPSA) is 49.3 Å². The molecule has 0 radical (unpaired) electrons. The Morgan fingerprint density at radius 2 is 2.20 bits per heavy atom. The van der Waals surface area contributed by atoms with Crippen molar-refractivity contribution in [3.05, 3.63) is 16.1 Å². The van der Waals surface area contributed by atoms with Crippen LogP contribution in [-0.4, -0.2) is 36.5 Å². The first-order chi connectivity index (χ1) is 9.30. The summed E-state index contributed by atoms with van der Waals surface area (Å²) in [6, 6.07) is 0. The van der Waals surface area contributed by atoms with Crippen molar-refractivity contribution in [3.63, 3.8) is 0 Å². The number of thiazole rings is 1. The first-order valence-electron chi connectivity index (χ1n) is 6.67. The molecule has 0 aliphatic heterocycles. The first-order valence-corrected chi connectivity index (χ1v) is 8.88. The molecule has 0 bridgehead atoms. The Labute approximate surface area is 147 Å².